The lowest BCUT2D eigenvalue weighted by Crippen LogP contribution is -2.27. The molecule has 2 aromatic rings. The second-order valence-corrected chi connectivity index (χ2v) is 5.15. The molecule has 3 heterocycles. The van der Waals surface area contributed by atoms with E-state index in [2.05, 4.69) is 20.3 Å². The number of nitrogens with zero attached hydrogens (tertiary/aromatic N) is 4. The van der Waals surface area contributed by atoms with Crippen molar-refractivity contribution in [1.82, 2.24) is 19.9 Å². The van der Waals surface area contributed by atoms with Crippen LogP contribution in [0.5, 0.6) is 0 Å². The monoisotopic (exact) mass is 310 g/mol. The molecule has 0 saturated heterocycles. The number of hydrogen-bond acceptors (Lipinski definition) is 7. The minimum Gasteiger partial charge on any atom is -0.506 e. The van der Waals surface area contributed by atoms with E-state index in [1.165, 1.54) is 0 Å². The standard InChI is InChI=1S/C16H18N6O/c1-18-14-5-3-4-11(20-14)15-13(23)7-6-12(22(15)2)10-8-9-19-16(17)21-10/h3-9,12,23H,1-2H3,(H,18,20)(H2,17,19,21). The quantitative estimate of drug-likeness (QED) is 0.796. The zero-order chi connectivity index (χ0) is 16.4. The summed E-state index contributed by atoms with van der Waals surface area (Å²) in [5, 5.41) is 13.3. The molecule has 118 valence electrons. The Morgan fingerprint density at radius 2 is 2.09 bits per heavy atom. The van der Waals surface area contributed by atoms with Crippen LogP contribution in [0.15, 0.2) is 48.4 Å². The SMILES string of the molecule is CNc1cccc(C2=C(O)C=CC(c3ccnc(N)n3)N2C)n1. The number of nitrogens with two attached hydrogens (primary N) is 1. The number of rotatable bonds is 3. The molecule has 2 aromatic heterocycles. The summed E-state index contributed by atoms with van der Waals surface area (Å²) in [6, 6.07) is 7.25. The number of aliphatic hydroxyl groups excluding tert-OH is 1. The fraction of sp³-hybridized carbons (Fsp3) is 0.188. The van der Waals surface area contributed by atoms with Crippen molar-refractivity contribution in [1.29, 1.82) is 0 Å². The average Bonchev–Trinajstić information content (AvgIpc) is 2.55. The summed E-state index contributed by atoms with van der Waals surface area (Å²) in [4.78, 5) is 14.6. The van der Waals surface area contributed by atoms with Gasteiger partial charge in [0, 0.05) is 20.3 Å². The molecular formula is C16H18N6O. The molecule has 0 aliphatic carbocycles. The molecule has 0 saturated carbocycles. The maximum absolute atomic E-state index is 10.3. The van der Waals surface area contributed by atoms with Gasteiger partial charge in [0.05, 0.1) is 17.4 Å². The lowest BCUT2D eigenvalue weighted by atomic mass is 10.0. The van der Waals surface area contributed by atoms with Gasteiger partial charge in [-0.25, -0.2) is 15.0 Å². The van der Waals surface area contributed by atoms with Crippen molar-refractivity contribution in [3.8, 4) is 0 Å². The van der Waals surface area contributed by atoms with Crippen LogP contribution in [0.3, 0.4) is 0 Å². The minimum atomic E-state index is -0.161. The Morgan fingerprint density at radius 1 is 1.26 bits per heavy atom. The van der Waals surface area contributed by atoms with Crippen molar-refractivity contribution in [2.24, 2.45) is 0 Å². The summed E-state index contributed by atoms with van der Waals surface area (Å²) in [6.07, 6.45) is 5.14. The van der Waals surface area contributed by atoms with Gasteiger partial charge in [0.15, 0.2) is 0 Å². The number of likely N-dealkylation sites (N-methyl/N-ethyl adjacent to an activating group) is 1. The molecule has 0 aromatic carbocycles. The Morgan fingerprint density at radius 3 is 2.83 bits per heavy atom. The smallest absolute Gasteiger partial charge is 0.220 e. The Bertz CT molecular complexity index is 786. The first kappa shape index (κ1) is 14.8. The molecular weight excluding hydrogens is 292 g/mol. The molecule has 0 bridgehead atoms. The third kappa shape index (κ3) is 2.80. The van der Waals surface area contributed by atoms with Gasteiger partial charge in [-0.05, 0) is 24.3 Å². The van der Waals surface area contributed by atoms with Crippen molar-refractivity contribution in [3.05, 3.63) is 59.8 Å². The van der Waals surface area contributed by atoms with Gasteiger partial charge in [0.25, 0.3) is 0 Å². The summed E-state index contributed by atoms with van der Waals surface area (Å²) in [5.74, 6) is 1.11. The van der Waals surface area contributed by atoms with Crippen LogP contribution in [0.1, 0.15) is 17.4 Å². The highest BCUT2D eigenvalue weighted by Gasteiger charge is 2.26. The number of nitrogens with one attached hydrogen (secondary N) is 1. The molecule has 0 fully saturated rings. The molecule has 0 amide bonds. The van der Waals surface area contributed by atoms with E-state index >= 15 is 0 Å². The van der Waals surface area contributed by atoms with E-state index in [9.17, 15) is 5.11 Å². The summed E-state index contributed by atoms with van der Waals surface area (Å²) < 4.78 is 0. The second kappa shape index (κ2) is 5.96. The van der Waals surface area contributed by atoms with Crippen LogP contribution in [-0.4, -0.2) is 39.1 Å². The summed E-state index contributed by atoms with van der Waals surface area (Å²) in [7, 11) is 3.68. The molecule has 1 atom stereocenters. The van der Waals surface area contributed by atoms with Gasteiger partial charge in [-0.15, -0.1) is 0 Å². The van der Waals surface area contributed by atoms with Gasteiger partial charge < -0.3 is 21.1 Å². The van der Waals surface area contributed by atoms with Crippen LogP contribution in [-0.2, 0) is 0 Å². The van der Waals surface area contributed by atoms with Crippen molar-refractivity contribution in [3.63, 3.8) is 0 Å². The Kier molecular flexibility index (Phi) is 3.84. The maximum Gasteiger partial charge on any atom is 0.220 e. The van der Waals surface area contributed by atoms with Crippen LogP contribution >= 0.6 is 0 Å². The zero-order valence-electron chi connectivity index (χ0n) is 12.9. The van der Waals surface area contributed by atoms with E-state index in [-0.39, 0.29) is 17.7 Å². The molecule has 1 aliphatic rings. The van der Waals surface area contributed by atoms with Crippen molar-refractivity contribution >= 4 is 17.5 Å². The Labute approximate surface area is 134 Å². The van der Waals surface area contributed by atoms with Crippen molar-refractivity contribution < 1.29 is 5.11 Å². The van der Waals surface area contributed by atoms with Crippen LogP contribution in [0.25, 0.3) is 5.70 Å². The number of anilines is 2. The van der Waals surface area contributed by atoms with E-state index in [0.717, 1.165) is 11.5 Å². The van der Waals surface area contributed by atoms with Gasteiger partial charge in [0.2, 0.25) is 5.95 Å². The van der Waals surface area contributed by atoms with E-state index in [1.54, 1.807) is 25.4 Å². The summed E-state index contributed by atoms with van der Waals surface area (Å²) in [5.41, 5.74) is 7.74. The minimum absolute atomic E-state index is 0.159. The number of allylic oxidation sites excluding steroid dienone is 1. The van der Waals surface area contributed by atoms with Gasteiger partial charge in [-0.1, -0.05) is 12.1 Å². The summed E-state index contributed by atoms with van der Waals surface area (Å²) in [6.45, 7) is 0. The van der Waals surface area contributed by atoms with E-state index in [0.29, 0.717) is 11.4 Å². The van der Waals surface area contributed by atoms with Crippen LogP contribution < -0.4 is 11.1 Å². The van der Waals surface area contributed by atoms with Crippen molar-refractivity contribution in [2.45, 2.75) is 6.04 Å². The normalized spacial score (nSPS) is 17.5. The molecule has 0 spiro atoms. The number of hydrogen-bond donors (Lipinski definition) is 3. The lowest BCUT2D eigenvalue weighted by molar-refractivity contribution is 0.356. The fourth-order valence-corrected chi connectivity index (χ4v) is 2.58. The number of pyridine rings is 1. The number of aliphatic hydroxyl groups is 1. The number of nitrogen functional groups attached to an aromatic ring is 1. The Balaban J connectivity index is 2.01. The van der Waals surface area contributed by atoms with Crippen LogP contribution in [0.2, 0.25) is 0 Å². The molecule has 23 heavy (non-hydrogen) atoms. The average molecular weight is 310 g/mol. The highest BCUT2D eigenvalue weighted by Crippen LogP contribution is 2.34. The van der Waals surface area contributed by atoms with Gasteiger partial charge in [-0.3, -0.25) is 0 Å². The first-order valence-electron chi connectivity index (χ1n) is 7.18. The predicted octanol–water partition coefficient (Wildman–Crippen LogP) is 1.96. The molecule has 1 aliphatic heterocycles. The molecule has 0 radical (unpaired) electrons. The highest BCUT2D eigenvalue weighted by atomic mass is 16.3. The van der Waals surface area contributed by atoms with E-state index < -0.39 is 0 Å². The summed E-state index contributed by atoms with van der Waals surface area (Å²) >= 11 is 0. The van der Waals surface area contributed by atoms with Crippen molar-refractivity contribution in [2.75, 3.05) is 25.1 Å². The number of aromatic nitrogens is 3. The third-order valence-electron chi connectivity index (χ3n) is 3.70. The maximum atomic E-state index is 10.3. The third-order valence-corrected chi connectivity index (χ3v) is 3.70. The predicted molar refractivity (Wildman–Crippen MR) is 89.4 cm³/mol. The fourth-order valence-electron chi connectivity index (χ4n) is 2.58. The Hall–Kier alpha value is -3.09. The van der Waals surface area contributed by atoms with Gasteiger partial charge >= 0.3 is 0 Å². The van der Waals surface area contributed by atoms with E-state index in [1.807, 2.05) is 36.2 Å². The van der Waals surface area contributed by atoms with Crippen LogP contribution in [0, 0.1) is 0 Å². The molecule has 4 N–H and O–H groups in total. The molecule has 1 unspecified atom stereocenters. The van der Waals surface area contributed by atoms with Crippen LogP contribution in [0.4, 0.5) is 11.8 Å². The van der Waals surface area contributed by atoms with E-state index in [4.69, 9.17) is 5.73 Å². The topological polar surface area (TPSA) is 100 Å². The highest BCUT2D eigenvalue weighted by molar-refractivity contribution is 5.68. The lowest BCUT2D eigenvalue weighted by Gasteiger charge is -2.32. The first-order chi connectivity index (χ1) is 11.1. The largest absolute Gasteiger partial charge is 0.506 e. The van der Waals surface area contributed by atoms with Gasteiger partial charge in [-0.2, -0.15) is 0 Å². The molecule has 7 heteroatoms. The second-order valence-electron chi connectivity index (χ2n) is 5.15. The zero-order valence-corrected chi connectivity index (χ0v) is 12.9. The van der Waals surface area contributed by atoms with Gasteiger partial charge in [0.1, 0.15) is 17.3 Å². The first-order valence-corrected chi connectivity index (χ1v) is 7.18. The molecule has 7 nitrogen and oxygen atoms in total. The molecule has 3 rings (SSSR count).